The molecule has 1 saturated carbocycles. The molecule has 1 aliphatic rings. The van der Waals surface area contributed by atoms with Crippen LogP contribution in [0.1, 0.15) is 19.8 Å². The molecular weight excluding hydrogens is 285 g/mol. The smallest absolute Gasteiger partial charge is 0.243 e. The molecule has 112 valence electrons. The molecule has 0 heterocycles. The van der Waals surface area contributed by atoms with Crippen LogP contribution in [-0.2, 0) is 10.0 Å². The zero-order chi connectivity index (χ0) is 14.9. The van der Waals surface area contributed by atoms with Gasteiger partial charge in [-0.15, -0.1) is 0 Å². The minimum Gasteiger partial charge on any atom is -0.493 e. The van der Waals surface area contributed by atoms with Gasteiger partial charge < -0.3 is 9.47 Å². The van der Waals surface area contributed by atoms with Crippen molar-refractivity contribution in [1.82, 2.24) is 4.72 Å². The zero-order valence-electron chi connectivity index (χ0n) is 11.6. The van der Waals surface area contributed by atoms with Crippen LogP contribution in [0.15, 0.2) is 17.0 Å². The van der Waals surface area contributed by atoms with Crippen molar-refractivity contribution in [1.29, 1.82) is 0 Å². The van der Waals surface area contributed by atoms with Crippen LogP contribution in [0.5, 0.6) is 11.5 Å². The summed E-state index contributed by atoms with van der Waals surface area (Å²) >= 11 is 0. The Balaban J connectivity index is 2.35. The molecule has 1 atom stereocenters. The van der Waals surface area contributed by atoms with Crippen LogP contribution >= 0.6 is 0 Å². The third-order valence-corrected chi connectivity index (χ3v) is 4.97. The van der Waals surface area contributed by atoms with Crippen molar-refractivity contribution in [2.75, 3.05) is 14.2 Å². The fourth-order valence-electron chi connectivity index (χ4n) is 2.04. The number of ether oxygens (including phenoxy) is 2. The van der Waals surface area contributed by atoms with Gasteiger partial charge in [0.2, 0.25) is 10.0 Å². The molecule has 20 heavy (non-hydrogen) atoms. The Bertz CT molecular complexity index is 599. The van der Waals surface area contributed by atoms with Crippen LogP contribution in [0.4, 0.5) is 4.39 Å². The molecule has 5 nitrogen and oxygen atoms in total. The van der Waals surface area contributed by atoms with E-state index in [1.54, 1.807) is 6.92 Å². The van der Waals surface area contributed by atoms with Gasteiger partial charge in [0, 0.05) is 18.2 Å². The average molecular weight is 303 g/mol. The molecule has 1 aromatic rings. The number of hydrogen-bond donors (Lipinski definition) is 1. The predicted molar refractivity (Wildman–Crippen MR) is 72.0 cm³/mol. The Morgan fingerprint density at radius 1 is 1.25 bits per heavy atom. The number of hydrogen-bond acceptors (Lipinski definition) is 4. The maximum atomic E-state index is 14.0. The lowest BCUT2D eigenvalue weighted by atomic mass is 10.2. The molecule has 0 saturated heterocycles. The molecule has 0 amide bonds. The van der Waals surface area contributed by atoms with Gasteiger partial charge in [-0.05, 0) is 25.7 Å². The molecule has 1 aromatic carbocycles. The second-order valence-corrected chi connectivity index (χ2v) is 6.57. The molecule has 7 heteroatoms. The van der Waals surface area contributed by atoms with Crippen molar-refractivity contribution in [2.45, 2.75) is 30.7 Å². The highest BCUT2D eigenvalue weighted by molar-refractivity contribution is 7.89. The van der Waals surface area contributed by atoms with Crippen molar-refractivity contribution in [3.05, 3.63) is 17.9 Å². The SMILES string of the molecule is COc1cc(F)c(S(=O)(=O)N[C@@H](C)C2CC2)cc1OC. The monoisotopic (exact) mass is 303 g/mol. The first-order chi connectivity index (χ1) is 9.39. The lowest BCUT2D eigenvalue weighted by Gasteiger charge is -2.15. The molecule has 0 bridgehead atoms. The summed E-state index contributed by atoms with van der Waals surface area (Å²) in [4.78, 5) is -0.428. The summed E-state index contributed by atoms with van der Waals surface area (Å²) in [6, 6.07) is 1.94. The number of nitrogens with one attached hydrogen (secondary N) is 1. The van der Waals surface area contributed by atoms with Gasteiger partial charge in [0.05, 0.1) is 14.2 Å². The van der Waals surface area contributed by atoms with E-state index in [0.29, 0.717) is 5.92 Å². The molecule has 1 aliphatic carbocycles. The Morgan fingerprint density at radius 2 is 1.80 bits per heavy atom. The van der Waals surface area contributed by atoms with E-state index in [-0.39, 0.29) is 17.5 Å². The molecule has 0 aromatic heterocycles. The molecule has 1 fully saturated rings. The molecule has 1 N–H and O–H groups in total. The minimum atomic E-state index is -3.91. The number of rotatable bonds is 6. The highest BCUT2D eigenvalue weighted by Crippen LogP contribution is 2.35. The van der Waals surface area contributed by atoms with Gasteiger partial charge >= 0.3 is 0 Å². The predicted octanol–water partition coefficient (Wildman–Crippen LogP) is 1.92. The Labute approximate surface area is 118 Å². The first-order valence-corrected chi connectivity index (χ1v) is 7.81. The van der Waals surface area contributed by atoms with Crippen molar-refractivity contribution >= 4 is 10.0 Å². The van der Waals surface area contributed by atoms with E-state index in [1.165, 1.54) is 14.2 Å². The van der Waals surface area contributed by atoms with Gasteiger partial charge in [0.15, 0.2) is 11.5 Å². The molecule has 0 aliphatic heterocycles. The van der Waals surface area contributed by atoms with Gasteiger partial charge in [-0.2, -0.15) is 0 Å². The van der Waals surface area contributed by atoms with Crippen LogP contribution in [-0.4, -0.2) is 28.7 Å². The molecule has 0 unspecified atom stereocenters. The summed E-state index contributed by atoms with van der Waals surface area (Å²) in [7, 11) is -1.19. The van der Waals surface area contributed by atoms with Crippen LogP contribution in [0.3, 0.4) is 0 Å². The van der Waals surface area contributed by atoms with Crippen molar-refractivity contribution in [2.24, 2.45) is 5.92 Å². The maximum Gasteiger partial charge on any atom is 0.243 e. The highest BCUT2D eigenvalue weighted by atomic mass is 32.2. The van der Waals surface area contributed by atoms with Gasteiger partial charge in [0.25, 0.3) is 0 Å². The largest absolute Gasteiger partial charge is 0.493 e. The van der Waals surface area contributed by atoms with Gasteiger partial charge in [-0.1, -0.05) is 0 Å². The normalized spacial score (nSPS) is 16.8. The van der Waals surface area contributed by atoms with E-state index in [9.17, 15) is 12.8 Å². The quantitative estimate of drug-likeness (QED) is 0.872. The van der Waals surface area contributed by atoms with E-state index >= 15 is 0 Å². The van der Waals surface area contributed by atoms with E-state index in [2.05, 4.69) is 4.72 Å². The zero-order valence-corrected chi connectivity index (χ0v) is 12.5. The first-order valence-electron chi connectivity index (χ1n) is 6.33. The minimum absolute atomic E-state index is 0.152. The van der Waals surface area contributed by atoms with Gasteiger partial charge in [-0.25, -0.2) is 17.5 Å². The Kier molecular flexibility index (Phi) is 4.19. The summed E-state index contributed by atoms with van der Waals surface area (Å²) in [6.45, 7) is 1.79. The van der Waals surface area contributed by atoms with Crippen LogP contribution < -0.4 is 14.2 Å². The highest BCUT2D eigenvalue weighted by Gasteiger charge is 2.32. The molecule has 0 spiro atoms. The van der Waals surface area contributed by atoms with E-state index in [0.717, 1.165) is 25.0 Å². The summed E-state index contributed by atoms with van der Waals surface area (Å²) in [5, 5.41) is 0. The lowest BCUT2D eigenvalue weighted by molar-refractivity contribution is 0.350. The second-order valence-electron chi connectivity index (χ2n) is 4.89. The summed E-state index contributed by atoms with van der Waals surface area (Å²) < 4.78 is 50.8. The molecule has 0 radical (unpaired) electrons. The summed E-state index contributed by atoms with van der Waals surface area (Å²) in [5.74, 6) is -0.196. The third-order valence-electron chi connectivity index (χ3n) is 3.40. The Morgan fingerprint density at radius 3 is 2.30 bits per heavy atom. The van der Waals surface area contributed by atoms with Crippen LogP contribution in [0.2, 0.25) is 0 Å². The topological polar surface area (TPSA) is 64.6 Å². The second kappa shape index (κ2) is 5.57. The number of sulfonamides is 1. The van der Waals surface area contributed by atoms with Crippen LogP contribution in [0, 0.1) is 11.7 Å². The van der Waals surface area contributed by atoms with Crippen molar-refractivity contribution in [3.8, 4) is 11.5 Å². The van der Waals surface area contributed by atoms with Crippen LogP contribution in [0.25, 0.3) is 0 Å². The van der Waals surface area contributed by atoms with Crippen molar-refractivity contribution < 1.29 is 22.3 Å². The standard InChI is InChI=1S/C13H18FNO4S/c1-8(9-4-5-9)15-20(16,17)13-7-12(19-3)11(18-2)6-10(13)14/h6-9,15H,4-5H2,1-3H3/t8-/m0/s1. The number of halogens is 1. The first kappa shape index (κ1) is 15.1. The number of benzene rings is 1. The molecular formula is C13H18FNO4S. The van der Waals surface area contributed by atoms with Gasteiger partial charge in [-0.3, -0.25) is 0 Å². The maximum absolute atomic E-state index is 14.0. The molecule has 2 rings (SSSR count). The summed E-state index contributed by atoms with van der Waals surface area (Å²) in [6.07, 6.45) is 2.00. The fraction of sp³-hybridized carbons (Fsp3) is 0.538. The third kappa shape index (κ3) is 3.04. The van der Waals surface area contributed by atoms with Gasteiger partial charge in [0.1, 0.15) is 10.7 Å². The lowest BCUT2D eigenvalue weighted by Crippen LogP contribution is -2.34. The van der Waals surface area contributed by atoms with E-state index in [4.69, 9.17) is 9.47 Å². The number of methoxy groups -OCH3 is 2. The van der Waals surface area contributed by atoms with E-state index in [1.807, 2.05) is 0 Å². The van der Waals surface area contributed by atoms with E-state index < -0.39 is 20.7 Å². The van der Waals surface area contributed by atoms with Crippen molar-refractivity contribution in [3.63, 3.8) is 0 Å². The summed E-state index contributed by atoms with van der Waals surface area (Å²) in [5.41, 5.74) is 0. The average Bonchev–Trinajstić information content (AvgIpc) is 3.21. The fourth-order valence-corrected chi connectivity index (χ4v) is 3.43. The Hall–Kier alpha value is -1.34.